The Hall–Kier alpha value is 0.950. The fourth-order valence-corrected chi connectivity index (χ4v) is 2.61. The summed E-state index contributed by atoms with van der Waals surface area (Å²) in [5.74, 6) is -1.93. The molecule has 0 bridgehead atoms. The first-order chi connectivity index (χ1) is 8.29. The Morgan fingerprint density at radius 2 is 2.10 bits per heavy atom. The van der Waals surface area contributed by atoms with Crippen LogP contribution in [-0.2, 0) is 4.74 Å². The van der Waals surface area contributed by atoms with E-state index in [9.17, 15) is 19.7 Å². The first kappa shape index (κ1) is 20.9. The predicted molar refractivity (Wildman–Crippen MR) is 55.2 cm³/mol. The molecule has 0 aliphatic carbocycles. The van der Waals surface area contributed by atoms with Crippen LogP contribution in [0.15, 0.2) is 11.0 Å². The second-order valence-electron chi connectivity index (χ2n) is 4.16. The third-order valence-electron chi connectivity index (χ3n) is 2.80. The van der Waals surface area contributed by atoms with Gasteiger partial charge in [-0.1, -0.05) is 0 Å². The molecule has 0 unspecified atom stereocenters. The monoisotopic (exact) mass is 320 g/mol. The van der Waals surface area contributed by atoms with E-state index in [1.54, 1.807) is 0 Å². The summed E-state index contributed by atoms with van der Waals surface area (Å²) in [6.45, 7) is 1.47. The van der Waals surface area contributed by atoms with Gasteiger partial charge in [0.25, 0.3) is 0 Å². The summed E-state index contributed by atoms with van der Waals surface area (Å²) >= 11 is 0. The molecule has 0 radical (unpaired) electrons. The number of nitrogens with zero attached hydrogens (tertiary/aromatic N) is 2. The number of hydrogen-bond donors (Lipinski definition) is 1. The van der Waals surface area contributed by atoms with Crippen molar-refractivity contribution in [3.63, 3.8) is 0 Å². The van der Waals surface area contributed by atoms with Crippen LogP contribution in [0.25, 0.3) is 0 Å². The molecule has 20 heavy (non-hydrogen) atoms. The van der Waals surface area contributed by atoms with E-state index in [0.717, 1.165) is 4.57 Å². The summed E-state index contributed by atoms with van der Waals surface area (Å²) < 4.78 is 6.08. The van der Waals surface area contributed by atoms with Crippen LogP contribution >= 0.6 is 7.94 Å². The summed E-state index contributed by atoms with van der Waals surface area (Å²) in [4.78, 5) is 45.5. The minimum Gasteiger partial charge on any atom is -0.858 e. The Bertz CT molecular complexity index is 520. The van der Waals surface area contributed by atoms with Gasteiger partial charge in [0.2, 0.25) is 0 Å². The maximum atomic E-state index is 11.5. The second kappa shape index (κ2) is 7.99. The van der Waals surface area contributed by atoms with Crippen molar-refractivity contribution in [3.8, 4) is 5.88 Å². The van der Waals surface area contributed by atoms with Crippen LogP contribution in [0.4, 0.5) is 0 Å². The number of aromatic nitrogens is 2. The zero-order valence-corrected chi connectivity index (χ0v) is 16.4. The van der Waals surface area contributed by atoms with Gasteiger partial charge < -0.3 is 19.6 Å². The van der Waals surface area contributed by atoms with Crippen molar-refractivity contribution < 1.29 is 83.6 Å². The number of hydrogen-bond acceptors (Lipinski definition) is 7. The quantitative estimate of drug-likeness (QED) is 0.422. The molecule has 100 valence electrons. The zero-order valence-electron chi connectivity index (χ0n) is 11.5. The molecule has 8 nitrogen and oxygen atoms in total. The average molecular weight is 320 g/mol. The second-order valence-corrected chi connectivity index (χ2v) is 5.86. The molecule has 2 atom stereocenters. The molecule has 1 aliphatic rings. The molecule has 1 N–H and O–H groups in total. The summed E-state index contributed by atoms with van der Waals surface area (Å²) in [7, 11) is -4.58. The van der Waals surface area contributed by atoms with Crippen LogP contribution in [0.3, 0.4) is 0 Å². The summed E-state index contributed by atoms with van der Waals surface area (Å²) in [5.41, 5.74) is -0.467. The molecule has 0 saturated carbocycles. The molecule has 1 saturated heterocycles. The molecular formula is C9H11N2Na2O6P. The molecular weight excluding hydrogens is 309 g/mol. The maximum absolute atomic E-state index is 11.5. The molecule has 1 aromatic heterocycles. The SMILES string of the molecule is Cc1cn([C@H]2CO[C@@H]([P+]([O-])([O-])O)C2)c(=O)nc1[O-].[Na+].[Na+]. The number of ether oxygens (including phenoxy) is 1. The number of rotatable bonds is 2. The Morgan fingerprint density at radius 1 is 1.50 bits per heavy atom. The van der Waals surface area contributed by atoms with Gasteiger partial charge in [0.15, 0.2) is 5.85 Å². The van der Waals surface area contributed by atoms with E-state index in [1.807, 2.05) is 0 Å². The topological polar surface area (TPSA) is 134 Å². The minimum absolute atomic E-state index is 0. The van der Waals surface area contributed by atoms with Gasteiger partial charge in [-0.25, -0.2) is 9.78 Å². The van der Waals surface area contributed by atoms with E-state index in [4.69, 9.17) is 9.63 Å². The maximum Gasteiger partial charge on any atom is 1.00 e. The molecule has 0 amide bonds. The van der Waals surface area contributed by atoms with Gasteiger partial charge in [0, 0.05) is 12.6 Å². The van der Waals surface area contributed by atoms with E-state index >= 15 is 0 Å². The smallest absolute Gasteiger partial charge is 0.858 e. The van der Waals surface area contributed by atoms with Crippen molar-refractivity contribution in [1.82, 2.24) is 9.55 Å². The van der Waals surface area contributed by atoms with Crippen molar-refractivity contribution >= 4 is 7.94 Å². The molecule has 2 rings (SSSR count). The molecule has 0 aromatic carbocycles. The van der Waals surface area contributed by atoms with Crippen LogP contribution in [0, 0.1) is 6.92 Å². The molecule has 1 aromatic rings. The number of aryl methyl sites for hydroxylation is 1. The van der Waals surface area contributed by atoms with Gasteiger partial charge in [-0.2, -0.15) is 0 Å². The van der Waals surface area contributed by atoms with Crippen LogP contribution in [0.5, 0.6) is 5.88 Å². The molecule has 1 aliphatic heterocycles. The van der Waals surface area contributed by atoms with Gasteiger partial charge in [0.1, 0.15) is 0 Å². The average Bonchev–Trinajstić information content (AvgIpc) is 2.72. The normalized spacial score (nSPS) is 22.0. The van der Waals surface area contributed by atoms with E-state index in [-0.39, 0.29) is 77.7 Å². The van der Waals surface area contributed by atoms with Crippen molar-refractivity contribution in [1.29, 1.82) is 0 Å². The summed E-state index contributed by atoms with van der Waals surface area (Å²) in [5, 5.41) is 11.1. The van der Waals surface area contributed by atoms with E-state index < -0.39 is 31.4 Å². The van der Waals surface area contributed by atoms with Crippen molar-refractivity contribution in [2.45, 2.75) is 25.2 Å². The molecule has 0 spiro atoms. The van der Waals surface area contributed by atoms with Crippen LogP contribution in [0.2, 0.25) is 0 Å². The first-order valence-corrected chi connectivity index (χ1v) is 6.85. The standard InChI is InChI=1S/C9H13N2O6P.2Na/c1-5-3-11(9(13)10-8(5)12)6-2-7(17-4-6)18(14,15)16;;/h3,6-7H,2,4H2,1H3,(H,10,12,13)(H2,14,15,16);;/q;2*+1/p-2/t6-,7+;;/m1../s1. The van der Waals surface area contributed by atoms with E-state index in [2.05, 4.69) is 4.98 Å². The van der Waals surface area contributed by atoms with Gasteiger partial charge in [-0.05, 0) is 18.4 Å². The third kappa shape index (κ3) is 4.72. The van der Waals surface area contributed by atoms with Crippen LogP contribution < -0.4 is 79.7 Å². The van der Waals surface area contributed by atoms with Gasteiger partial charge in [0.05, 0.1) is 20.6 Å². The first-order valence-electron chi connectivity index (χ1n) is 5.21. The van der Waals surface area contributed by atoms with Gasteiger partial charge >= 0.3 is 64.8 Å². The molecule has 11 heteroatoms. The van der Waals surface area contributed by atoms with E-state index in [0.29, 0.717) is 0 Å². The Balaban J connectivity index is 0.00000180. The van der Waals surface area contributed by atoms with E-state index in [1.165, 1.54) is 13.1 Å². The Morgan fingerprint density at radius 3 is 2.60 bits per heavy atom. The summed E-state index contributed by atoms with van der Waals surface area (Å²) in [6, 6.07) is -0.552. The van der Waals surface area contributed by atoms with Crippen LogP contribution in [0.1, 0.15) is 18.0 Å². The third-order valence-corrected chi connectivity index (χ3v) is 3.89. The Labute approximate surface area is 160 Å². The zero-order chi connectivity index (χ0) is 13.5. The van der Waals surface area contributed by atoms with Crippen molar-refractivity contribution in [2.24, 2.45) is 0 Å². The molecule has 1 fully saturated rings. The van der Waals surface area contributed by atoms with Crippen LogP contribution in [-0.4, -0.2) is 26.9 Å². The predicted octanol–water partition coefficient (Wildman–Crippen LogP) is -8.60. The fraction of sp³-hybridized carbons (Fsp3) is 0.556. The minimum atomic E-state index is -4.58. The van der Waals surface area contributed by atoms with Gasteiger partial charge in [-0.3, -0.25) is 9.46 Å². The van der Waals surface area contributed by atoms with Gasteiger partial charge in [-0.15, -0.1) is 0 Å². The van der Waals surface area contributed by atoms with Crippen molar-refractivity contribution in [3.05, 3.63) is 22.2 Å². The summed E-state index contributed by atoms with van der Waals surface area (Å²) in [6.07, 6.45) is 1.28. The Kier molecular flexibility index (Phi) is 8.37. The fourth-order valence-electron chi connectivity index (χ4n) is 1.83. The molecule has 2 heterocycles. The largest absolute Gasteiger partial charge is 1.00 e. The van der Waals surface area contributed by atoms with Crippen molar-refractivity contribution in [2.75, 3.05) is 6.61 Å².